The topological polar surface area (TPSA) is 59.1 Å². The summed E-state index contributed by atoms with van der Waals surface area (Å²) in [4.78, 5) is 0. The highest BCUT2D eigenvalue weighted by Crippen LogP contribution is 2.07. The van der Waals surface area contributed by atoms with E-state index >= 15 is 0 Å². The molecule has 3 heteroatoms. The van der Waals surface area contributed by atoms with Gasteiger partial charge in [0.05, 0.1) is 0 Å². The molecule has 1 unspecified atom stereocenters. The normalized spacial score (nSPS) is 30.4. The third-order valence-corrected chi connectivity index (χ3v) is 0.950. The predicted octanol–water partition coefficient (Wildman–Crippen LogP) is 0.0589. The van der Waals surface area contributed by atoms with Crippen molar-refractivity contribution in [3.05, 3.63) is 0 Å². The molecule has 40 valence electrons. The number of hydrogen-bond acceptors (Lipinski definition) is 3. The van der Waals surface area contributed by atoms with Crippen LogP contribution >= 0.6 is 0 Å². The van der Waals surface area contributed by atoms with Crippen molar-refractivity contribution < 1.29 is 4.74 Å². The Bertz CT molecular complexity index is 91.7. The monoisotopic (exact) mass is 100 g/mol. The number of nitrogens with one attached hydrogen (secondary N) is 1. The van der Waals surface area contributed by atoms with Crippen molar-refractivity contribution in [3.8, 4) is 0 Å². The fourth-order valence-corrected chi connectivity index (χ4v) is 0.574. The van der Waals surface area contributed by atoms with Crippen LogP contribution in [0.15, 0.2) is 0 Å². The first-order valence-electron chi connectivity index (χ1n) is 2.28. The van der Waals surface area contributed by atoms with E-state index in [1.165, 1.54) is 0 Å². The van der Waals surface area contributed by atoms with E-state index in [2.05, 4.69) is 0 Å². The summed E-state index contributed by atoms with van der Waals surface area (Å²) in [5, 5.41) is 6.88. The summed E-state index contributed by atoms with van der Waals surface area (Å²) in [7, 11) is 0. The van der Waals surface area contributed by atoms with E-state index in [9.17, 15) is 0 Å². The molecule has 1 saturated heterocycles. The van der Waals surface area contributed by atoms with E-state index in [0.29, 0.717) is 12.3 Å². The first kappa shape index (κ1) is 4.59. The zero-order valence-electron chi connectivity index (χ0n) is 3.98. The minimum Gasteiger partial charge on any atom is -0.463 e. The predicted molar refractivity (Wildman–Crippen MR) is 26.0 cm³/mol. The van der Waals surface area contributed by atoms with Crippen LogP contribution in [-0.4, -0.2) is 12.1 Å². The summed E-state index contributed by atoms with van der Waals surface area (Å²) in [6.07, 6.45) is 1.31. The Hall–Kier alpha value is -0.570. The van der Waals surface area contributed by atoms with Gasteiger partial charge in [-0.25, -0.2) is 0 Å². The van der Waals surface area contributed by atoms with Crippen LogP contribution in [0.1, 0.15) is 12.8 Å². The highest BCUT2D eigenvalue weighted by molar-refractivity contribution is 5.74. The molecule has 7 heavy (non-hydrogen) atoms. The molecule has 0 radical (unpaired) electrons. The highest BCUT2D eigenvalue weighted by Gasteiger charge is 2.14. The van der Waals surface area contributed by atoms with Crippen molar-refractivity contribution >= 4 is 5.90 Å². The number of rotatable bonds is 0. The van der Waals surface area contributed by atoms with E-state index in [-0.39, 0.29) is 6.23 Å². The highest BCUT2D eigenvalue weighted by atomic mass is 16.5. The molecule has 1 aliphatic rings. The average Bonchev–Trinajstić information content (AvgIpc) is 1.87. The SMILES string of the molecule is N=C1CCC(N)O1. The minimum atomic E-state index is -0.201. The van der Waals surface area contributed by atoms with Gasteiger partial charge in [0.25, 0.3) is 0 Å². The van der Waals surface area contributed by atoms with E-state index in [0.717, 1.165) is 6.42 Å². The van der Waals surface area contributed by atoms with Gasteiger partial charge >= 0.3 is 0 Å². The van der Waals surface area contributed by atoms with Gasteiger partial charge in [-0.3, -0.25) is 11.1 Å². The van der Waals surface area contributed by atoms with Crippen LogP contribution in [0.25, 0.3) is 0 Å². The smallest absolute Gasteiger partial charge is 0.182 e. The molecule has 0 aliphatic carbocycles. The van der Waals surface area contributed by atoms with E-state index < -0.39 is 0 Å². The molecule has 1 atom stereocenters. The van der Waals surface area contributed by atoms with E-state index in [1.54, 1.807) is 0 Å². The van der Waals surface area contributed by atoms with Crippen LogP contribution in [0.5, 0.6) is 0 Å². The molecule has 1 aliphatic heterocycles. The molecule has 3 N–H and O–H groups in total. The molecule has 3 nitrogen and oxygen atoms in total. The molecule has 0 aromatic carbocycles. The van der Waals surface area contributed by atoms with Gasteiger partial charge in [0.15, 0.2) is 5.90 Å². The van der Waals surface area contributed by atoms with Crippen molar-refractivity contribution in [1.82, 2.24) is 0 Å². The van der Waals surface area contributed by atoms with Crippen LogP contribution in [0.4, 0.5) is 0 Å². The van der Waals surface area contributed by atoms with Crippen LogP contribution < -0.4 is 5.73 Å². The zero-order valence-corrected chi connectivity index (χ0v) is 3.98. The Morgan fingerprint density at radius 1 is 1.86 bits per heavy atom. The Balaban J connectivity index is 2.40. The van der Waals surface area contributed by atoms with Crippen molar-refractivity contribution in [2.45, 2.75) is 19.1 Å². The molecule has 1 fully saturated rings. The summed E-state index contributed by atoms with van der Waals surface area (Å²) in [5.74, 6) is 0.326. The van der Waals surface area contributed by atoms with Crippen LogP contribution in [0, 0.1) is 5.41 Å². The Morgan fingerprint density at radius 3 is 2.71 bits per heavy atom. The van der Waals surface area contributed by atoms with Gasteiger partial charge in [-0.1, -0.05) is 0 Å². The fourth-order valence-electron chi connectivity index (χ4n) is 0.574. The van der Waals surface area contributed by atoms with Crippen molar-refractivity contribution in [3.63, 3.8) is 0 Å². The van der Waals surface area contributed by atoms with Crippen molar-refractivity contribution in [2.75, 3.05) is 0 Å². The molecule has 0 saturated carbocycles. The largest absolute Gasteiger partial charge is 0.463 e. The van der Waals surface area contributed by atoms with Crippen molar-refractivity contribution in [1.29, 1.82) is 5.41 Å². The third-order valence-electron chi connectivity index (χ3n) is 0.950. The lowest BCUT2D eigenvalue weighted by Crippen LogP contribution is -2.17. The standard InChI is InChI=1S/C4H8N2O/c5-3-1-2-4(6)7-3/h3,6H,1-2,5H2. The summed E-state index contributed by atoms with van der Waals surface area (Å²) in [6.45, 7) is 0. The van der Waals surface area contributed by atoms with Gasteiger partial charge in [0, 0.05) is 12.8 Å². The zero-order chi connectivity index (χ0) is 5.28. The second-order valence-corrected chi connectivity index (χ2v) is 1.62. The second kappa shape index (κ2) is 1.50. The lowest BCUT2D eigenvalue weighted by Gasteiger charge is -1.98. The number of nitrogens with two attached hydrogens (primary N) is 1. The Morgan fingerprint density at radius 2 is 2.57 bits per heavy atom. The average molecular weight is 100 g/mol. The molecular weight excluding hydrogens is 92.1 g/mol. The van der Waals surface area contributed by atoms with Crippen molar-refractivity contribution in [2.24, 2.45) is 5.73 Å². The summed E-state index contributed by atoms with van der Waals surface area (Å²) < 4.78 is 4.72. The maximum atomic E-state index is 6.88. The van der Waals surface area contributed by atoms with E-state index in [4.69, 9.17) is 15.9 Å². The lowest BCUT2D eigenvalue weighted by atomic mass is 10.3. The Labute approximate surface area is 42.0 Å². The van der Waals surface area contributed by atoms with Gasteiger partial charge in [-0.2, -0.15) is 0 Å². The van der Waals surface area contributed by atoms with Gasteiger partial charge in [-0.05, 0) is 0 Å². The van der Waals surface area contributed by atoms with Crippen LogP contribution in [-0.2, 0) is 4.74 Å². The maximum absolute atomic E-state index is 6.88. The van der Waals surface area contributed by atoms with Crippen LogP contribution in [0.2, 0.25) is 0 Å². The van der Waals surface area contributed by atoms with Gasteiger partial charge in [0.2, 0.25) is 0 Å². The molecule has 0 bridgehead atoms. The van der Waals surface area contributed by atoms with Crippen LogP contribution in [0.3, 0.4) is 0 Å². The summed E-state index contributed by atoms with van der Waals surface area (Å²) >= 11 is 0. The number of ether oxygens (including phenoxy) is 1. The number of hydrogen-bond donors (Lipinski definition) is 2. The molecule has 0 spiro atoms. The third kappa shape index (κ3) is 0.899. The fraction of sp³-hybridized carbons (Fsp3) is 0.750. The molecule has 0 aromatic heterocycles. The molecule has 1 rings (SSSR count). The second-order valence-electron chi connectivity index (χ2n) is 1.62. The molecule has 0 aromatic rings. The molecule has 1 heterocycles. The first-order chi connectivity index (χ1) is 3.29. The summed E-state index contributed by atoms with van der Waals surface area (Å²) in [5.41, 5.74) is 5.26. The quantitative estimate of drug-likeness (QED) is 0.452. The maximum Gasteiger partial charge on any atom is 0.182 e. The van der Waals surface area contributed by atoms with E-state index in [1.807, 2.05) is 0 Å². The Kier molecular flexibility index (Phi) is 0.982. The van der Waals surface area contributed by atoms with Gasteiger partial charge < -0.3 is 4.74 Å². The molecular formula is C4H8N2O. The van der Waals surface area contributed by atoms with Gasteiger partial charge in [0.1, 0.15) is 6.23 Å². The molecule has 0 amide bonds. The summed E-state index contributed by atoms with van der Waals surface area (Å²) in [6, 6.07) is 0. The minimum absolute atomic E-state index is 0.201. The first-order valence-corrected chi connectivity index (χ1v) is 2.28. The van der Waals surface area contributed by atoms with Gasteiger partial charge in [-0.15, -0.1) is 0 Å². The lowest BCUT2D eigenvalue weighted by molar-refractivity contribution is 0.225.